The van der Waals surface area contributed by atoms with Gasteiger partial charge in [0, 0.05) is 18.5 Å². The van der Waals surface area contributed by atoms with Gasteiger partial charge in [0.1, 0.15) is 0 Å². The van der Waals surface area contributed by atoms with Crippen molar-refractivity contribution in [2.24, 2.45) is 0 Å². The maximum absolute atomic E-state index is 13.0. The van der Waals surface area contributed by atoms with Crippen LogP contribution in [-0.2, 0) is 10.0 Å². The van der Waals surface area contributed by atoms with Crippen molar-refractivity contribution in [2.75, 3.05) is 10.8 Å². The molecule has 1 aliphatic heterocycles. The Labute approximate surface area is 136 Å². The van der Waals surface area contributed by atoms with Crippen molar-refractivity contribution in [3.8, 4) is 0 Å². The topological polar surface area (TPSA) is 54.5 Å². The first-order chi connectivity index (χ1) is 10.9. The third kappa shape index (κ3) is 2.77. The number of hydrogen-bond acceptors (Lipinski definition) is 3. The second-order valence-electron chi connectivity index (χ2n) is 5.99. The van der Waals surface area contributed by atoms with Crippen molar-refractivity contribution < 1.29 is 13.2 Å². The van der Waals surface area contributed by atoms with E-state index in [4.69, 9.17) is 0 Å². The molecule has 0 radical (unpaired) electrons. The minimum atomic E-state index is -3.66. The molecule has 0 N–H and O–H groups in total. The lowest BCUT2D eigenvalue weighted by molar-refractivity contribution is 0.0982. The Morgan fingerprint density at radius 3 is 2.30 bits per heavy atom. The molecule has 0 aliphatic carbocycles. The summed E-state index contributed by atoms with van der Waals surface area (Å²) in [6, 6.07) is 13.9. The average Bonchev–Trinajstić information content (AvgIpc) is 2.55. The number of para-hydroxylation sites is 1. The second kappa shape index (κ2) is 5.81. The van der Waals surface area contributed by atoms with E-state index >= 15 is 0 Å². The van der Waals surface area contributed by atoms with Crippen LogP contribution in [0.2, 0.25) is 0 Å². The van der Waals surface area contributed by atoms with E-state index in [-0.39, 0.29) is 23.6 Å². The Morgan fingerprint density at radius 2 is 1.65 bits per heavy atom. The number of ketones is 1. The predicted octanol–water partition coefficient (Wildman–Crippen LogP) is 3.59. The van der Waals surface area contributed by atoms with Crippen molar-refractivity contribution in [1.29, 1.82) is 0 Å². The van der Waals surface area contributed by atoms with Crippen molar-refractivity contribution in [2.45, 2.75) is 31.1 Å². The van der Waals surface area contributed by atoms with Crippen LogP contribution in [0.5, 0.6) is 0 Å². The van der Waals surface area contributed by atoms with Gasteiger partial charge in [-0.3, -0.25) is 9.10 Å². The zero-order valence-electron chi connectivity index (χ0n) is 13.2. The smallest absolute Gasteiger partial charge is 0.264 e. The number of carbonyl (C=O) groups is 1. The minimum absolute atomic E-state index is 0.0118. The fourth-order valence-corrected chi connectivity index (χ4v) is 4.27. The number of hydrogen-bond donors (Lipinski definition) is 0. The zero-order chi connectivity index (χ0) is 16.6. The number of anilines is 1. The first-order valence-corrected chi connectivity index (χ1v) is 9.10. The molecule has 2 aromatic rings. The van der Waals surface area contributed by atoms with E-state index in [1.807, 2.05) is 12.1 Å². The Balaban J connectivity index is 2.04. The quantitative estimate of drug-likeness (QED) is 0.864. The normalized spacial score (nSPS) is 14.9. The molecule has 0 bridgehead atoms. The maximum Gasteiger partial charge on any atom is 0.264 e. The number of nitrogens with zero attached hydrogens (tertiary/aromatic N) is 1. The number of benzene rings is 2. The zero-order valence-corrected chi connectivity index (χ0v) is 14.0. The van der Waals surface area contributed by atoms with E-state index < -0.39 is 10.0 Å². The summed E-state index contributed by atoms with van der Waals surface area (Å²) in [5.74, 6) is 0.335. The Bertz CT molecular complexity index is 839. The number of fused-ring (bicyclic) bond motifs is 1. The molecule has 2 aromatic carbocycles. The molecule has 0 unspecified atom stereocenters. The van der Waals surface area contributed by atoms with Gasteiger partial charge in [0.15, 0.2) is 5.78 Å². The molecule has 0 aromatic heterocycles. The van der Waals surface area contributed by atoms with Crippen LogP contribution in [0.4, 0.5) is 5.69 Å². The van der Waals surface area contributed by atoms with Gasteiger partial charge >= 0.3 is 0 Å². The Morgan fingerprint density at radius 1 is 1.00 bits per heavy atom. The summed E-state index contributed by atoms with van der Waals surface area (Å²) in [5.41, 5.74) is 2.04. The van der Waals surface area contributed by atoms with Crippen molar-refractivity contribution >= 4 is 21.5 Å². The Kier molecular flexibility index (Phi) is 3.98. The molecule has 5 heteroatoms. The van der Waals surface area contributed by atoms with Crippen LogP contribution < -0.4 is 4.31 Å². The lowest BCUT2D eigenvalue weighted by atomic mass is 10.0. The number of rotatable bonds is 3. The molecule has 23 heavy (non-hydrogen) atoms. The molecule has 3 rings (SSSR count). The van der Waals surface area contributed by atoms with E-state index in [2.05, 4.69) is 13.8 Å². The molecule has 0 amide bonds. The average molecular weight is 329 g/mol. The maximum atomic E-state index is 13.0. The van der Waals surface area contributed by atoms with Gasteiger partial charge in [-0.2, -0.15) is 0 Å². The number of carbonyl (C=O) groups excluding carboxylic acids is 1. The van der Waals surface area contributed by atoms with Gasteiger partial charge in [-0.05, 0) is 35.7 Å². The molecule has 0 atom stereocenters. The highest BCUT2D eigenvalue weighted by atomic mass is 32.2. The van der Waals surface area contributed by atoms with E-state index in [0.717, 1.165) is 5.56 Å². The standard InChI is InChI=1S/C18H19NO3S/c1-13(2)14-7-9-15(10-8-14)23(21,22)19-12-11-18(20)16-5-3-4-6-17(16)19/h3-10,13H,11-12H2,1-2H3. The molecule has 4 nitrogen and oxygen atoms in total. The molecule has 1 heterocycles. The van der Waals surface area contributed by atoms with Crippen LogP contribution in [0.25, 0.3) is 0 Å². The molecular formula is C18H19NO3S. The largest absolute Gasteiger partial charge is 0.294 e. The lowest BCUT2D eigenvalue weighted by Gasteiger charge is -2.29. The lowest BCUT2D eigenvalue weighted by Crippen LogP contribution is -2.37. The summed E-state index contributed by atoms with van der Waals surface area (Å²) < 4.78 is 27.2. The van der Waals surface area contributed by atoms with E-state index in [1.54, 1.807) is 36.4 Å². The van der Waals surface area contributed by atoms with Crippen LogP contribution in [0.15, 0.2) is 53.4 Å². The molecule has 0 saturated heterocycles. The van der Waals surface area contributed by atoms with Gasteiger partial charge in [0.05, 0.1) is 10.6 Å². The van der Waals surface area contributed by atoms with Crippen molar-refractivity contribution in [3.63, 3.8) is 0 Å². The van der Waals surface area contributed by atoms with Gasteiger partial charge in [0.2, 0.25) is 0 Å². The summed E-state index contributed by atoms with van der Waals surface area (Å²) in [6.07, 6.45) is 0.209. The monoisotopic (exact) mass is 329 g/mol. The van der Waals surface area contributed by atoms with Gasteiger partial charge in [-0.25, -0.2) is 8.42 Å². The number of sulfonamides is 1. The van der Waals surface area contributed by atoms with Gasteiger partial charge in [-0.15, -0.1) is 0 Å². The summed E-state index contributed by atoms with van der Waals surface area (Å²) in [6.45, 7) is 4.32. The highest BCUT2D eigenvalue weighted by Gasteiger charge is 2.31. The summed E-state index contributed by atoms with van der Waals surface area (Å²) in [7, 11) is -3.66. The molecule has 1 aliphatic rings. The molecular weight excluding hydrogens is 310 g/mol. The fourth-order valence-electron chi connectivity index (χ4n) is 2.79. The third-order valence-electron chi connectivity index (χ3n) is 4.15. The second-order valence-corrected chi connectivity index (χ2v) is 7.85. The summed E-state index contributed by atoms with van der Waals surface area (Å²) in [5, 5.41) is 0. The van der Waals surface area contributed by atoms with Gasteiger partial charge < -0.3 is 0 Å². The first-order valence-electron chi connectivity index (χ1n) is 7.66. The van der Waals surface area contributed by atoms with Crippen molar-refractivity contribution in [1.82, 2.24) is 0 Å². The first kappa shape index (κ1) is 15.7. The minimum Gasteiger partial charge on any atom is -0.294 e. The van der Waals surface area contributed by atoms with Crippen LogP contribution in [-0.4, -0.2) is 20.7 Å². The van der Waals surface area contributed by atoms with E-state index in [9.17, 15) is 13.2 Å². The van der Waals surface area contributed by atoms with Gasteiger partial charge in [-0.1, -0.05) is 38.1 Å². The van der Waals surface area contributed by atoms with Crippen LogP contribution >= 0.6 is 0 Å². The summed E-state index contributed by atoms with van der Waals surface area (Å²) in [4.78, 5) is 12.2. The molecule has 0 saturated carbocycles. The third-order valence-corrected chi connectivity index (χ3v) is 5.98. The highest BCUT2D eigenvalue weighted by molar-refractivity contribution is 7.92. The van der Waals surface area contributed by atoms with Crippen molar-refractivity contribution in [3.05, 3.63) is 59.7 Å². The van der Waals surface area contributed by atoms with Crippen LogP contribution in [0.1, 0.15) is 42.1 Å². The molecule has 0 fully saturated rings. The summed E-state index contributed by atoms with van der Waals surface area (Å²) >= 11 is 0. The number of Topliss-reactive ketones (excluding diaryl/α,β-unsaturated/α-hetero) is 1. The predicted molar refractivity (Wildman–Crippen MR) is 90.5 cm³/mol. The van der Waals surface area contributed by atoms with Gasteiger partial charge in [0.25, 0.3) is 10.0 Å². The highest BCUT2D eigenvalue weighted by Crippen LogP contribution is 2.32. The van der Waals surface area contributed by atoms with Crippen LogP contribution in [0.3, 0.4) is 0 Å². The van der Waals surface area contributed by atoms with E-state index in [1.165, 1.54) is 4.31 Å². The fraction of sp³-hybridized carbons (Fsp3) is 0.278. The molecule has 0 spiro atoms. The van der Waals surface area contributed by atoms with E-state index in [0.29, 0.717) is 17.2 Å². The Hall–Kier alpha value is -2.14. The SMILES string of the molecule is CC(C)c1ccc(S(=O)(=O)N2CCC(=O)c3ccccc32)cc1. The molecule has 120 valence electrons. The van der Waals surface area contributed by atoms with Crippen LogP contribution in [0, 0.1) is 0 Å².